The average Bonchev–Trinajstić information content (AvgIpc) is 3.16. The summed E-state index contributed by atoms with van der Waals surface area (Å²) in [5.74, 6) is -0.227. The lowest BCUT2D eigenvalue weighted by Crippen LogP contribution is -2.58. The van der Waals surface area contributed by atoms with E-state index in [0.717, 1.165) is 10.3 Å². The van der Waals surface area contributed by atoms with Crippen LogP contribution in [0.5, 0.6) is 0 Å². The van der Waals surface area contributed by atoms with E-state index in [4.69, 9.17) is 4.74 Å². The number of β-amino-alcohol motifs (C(OH)–C–C–N with tert-alkyl or cyclic N) is 1. The lowest BCUT2D eigenvalue weighted by Gasteiger charge is -2.43. The maximum Gasteiger partial charge on any atom is 0.322 e. The van der Waals surface area contributed by atoms with E-state index in [2.05, 4.69) is 26.1 Å². The van der Waals surface area contributed by atoms with Gasteiger partial charge in [-0.3, -0.25) is 4.79 Å². The minimum Gasteiger partial charge on any atom is -0.391 e. The predicted octanol–water partition coefficient (Wildman–Crippen LogP) is 2.36. The summed E-state index contributed by atoms with van der Waals surface area (Å²) in [6, 6.07) is 11.2. The maximum atomic E-state index is 12.8. The molecule has 2 aromatic rings. The van der Waals surface area contributed by atoms with E-state index in [-0.39, 0.29) is 24.5 Å². The molecule has 1 aromatic carbocycles. The van der Waals surface area contributed by atoms with E-state index in [1.54, 1.807) is 29.0 Å². The first-order valence-electron chi connectivity index (χ1n) is 10.5. The molecule has 3 heterocycles. The molecule has 0 aliphatic carbocycles. The van der Waals surface area contributed by atoms with Crippen molar-refractivity contribution in [1.29, 1.82) is 0 Å². The van der Waals surface area contributed by atoms with Gasteiger partial charge in [-0.2, -0.15) is 0 Å². The fourth-order valence-electron chi connectivity index (χ4n) is 4.36. The van der Waals surface area contributed by atoms with Crippen LogP contribution in [0.25, 0.3) is 0 Å². The molecule has 1 saturated heterocycles. The number of anilines is 1. The molecular weight excluding hydrogens is 478 g/mol. The Morgan fingerprint density at radius 1 is 1.19 bits per heavy atom. The van der Waals surface area contributed by atoms with Gasteiger partial charge in [-0.15, -0.1) is 0 Å². The van der Waals surface area contributed by atoms with Gasteiger partial charge < -0.3 is 34.4 Å². The number of halogens is 1. The molecule has 1 fully saturated rings. The molecule has 2 N–H and O–H groups in total. The number of carbonyl (C=O) groups excluding carboxylic acids is 2. The molecule has 1 aromatic heterocycles. The molecule has 3 atom stereocenters. The van der Waals surface area contributed by atoms with Crippen molar-refractivity contribution in [3.8, 4) is 0 Å². The standard InChI is InChI=1S/C22H28BrN5O4/c1-14-4-6-15(7-5-14)27-12-25(2)22(31)26(13-27)11-16(29)10-18-21(32-3)24-20(30)17-8-9-19(23)28(17)18/h4-9,16,18,21,29H,10-13H2,1-3H3,(H,24,30)/t16?,18-,21-/m1/s1. The first-order chi connectivity index (χ1) is 15.3. The van der Waals surface area contributed by atoms with Crippen molar-refractivity contribution in [3.63, 3.8) is 0 Å². The molecule has 32 heavy (non-hydrogen) atoms. The molecule has 2 aliphatic rings. The highest BCUT2D eigenvalue weighted by Crippen LogP contribution is 2.31. The van der Waals surface area contributed by atoms with Crippen molar-refractivity contribution in [2.75, 3.05) is 38.9 Å². The van der Waals surface area contributed by atoms with Gasteiger partial charge in [-0.1, -0.05) is 17.7 Å². The number of aliphatic hydroxyl groups excluding tert-OH is 1. The van der Waals surface area contributed by atoms with Crippen molar-refractivity contribution < 1.29 is 19.4 Å². The molecule has 0 radical (unpaired) electrons. The van der Waals surface area contributed by atoms with Gasteiger partial charge in [-0.05, 0) is 47.1 Å². The number of methoxy groups -OCH3 is 1. The van der Waals surface area contributed by atoms with E-state index < -0.39 is 12.3 Å². The van der Waals surface area contributed by atoms with Gasteiger partial charge in [0.25, 0.3) is 5.91 Å². The van der Waals surface area contributed by atoms with Gasteiger partial charge in [0.15, 0.2) is 6.23 Å². The molecule has 10 heteroatoms. The Labute approximate surface area is 195 Å². The first kappa shape index (κ1) is 22.6. The second-order valence-electron chi connectivity index (χ2n) is 8.36. The van der Waals surface area contributed by atoms with Gasteiger partial charge in [0.2, 0.25) is 0 Å². The lowest BCUT2D eigenvalue weighted by molar-refractivity contribution is -0.00410. The van der Waals surface area contributed by atoms with E-state index >= 15 is 0 Å². The zero-order valence-corrected chi connectivity index (χ0v) is 19.9. The normalized spacial score (nSPS) is 22.1. The Kier molecular flexibility index (Phi) is 6.45. The van der Waals surface area contributed by atoms with Crippen LogP contribution in [-0.4, -0.2) is 77.8 Å². The topological polar surface area (TPSA) is 90.3 Å². The van der Waals surface area contributed by atoms with Crippen LogP contribution in [0.15, 0.2) is 41.0 Å². The number of amides is 3. The number of benzene rings is 1. The maximum absolute atomic E-state index is 12.8. The SMILES string of the molecule is CO[C@H]1NC(=O)c2ccc(Br)n2[C@@H]1CC(O)CN1CN(c2ccc(C)cc2)CN(C)C1=O. The van der Waals surface area contributed by atoms with Gasteiger partial charge >= 0.3 is 6.03 Å². The number of aliphatic hydroxyl groups is 1. The summed E-state index contributed by atoms with van der Waals surface area (Å²) in [6.45, 7) is 3.07. The zero-order valence-electron chi connectivity index (χ0n) is 18.4. The van der Waals surface area contributed by atoms with Crippen LogP contribution in [0.3, 0.4) is 0 Å². The number of carbonyl (C=O) groups is 2. The number of urea groups is 1. The van der Waals surface area contributed by atoms with E-state index in [9.17, 15) is 14.7 Å². The molecular formula is C22H28BrN5O4. The fourth-order valence-corrected chi connectivity index (χ4v) is 4.94. The van der Waals surface area contributed by atoms with Gasteiger partial charge in [0.05, 0.1) is 36.6 Å². The summed E-state index contributed by atoms with van der Waals surface area (Å²) < 4.78 is 8.06. The molecule has 1 unspecified atom stereocenters. The third-order valence-electron chi connectivity index (χ3n) is 5.97. The molecule has 4 rings (SSSR count). The third kappa shape index (κ3) is 4.35. The smallest absolute Gasteiger partial charge is 0.322 e. The van der Waals surface area contributed by atoms with Crippen molar-refractivity contribution in [2.45, 2.75) is 31.7 Å². The Morgan fingerprint density at radius 2 is 1.91 bits per heavy atom. The Morgan fingerprint density at radius 3 is 2.59 bits per heavy atom. The van der Waals surface area contributed by atoms with Crippen LogP contribution in [0.2, 0.25) is 0 Å². The molecule has 0 bridgehead atoms. The highest BCUT2D eigenvalue weighted by molar-refractivity contribution is 9.10. The number of fused-ring (bicyclic) bond motifs is 1. The zero-order chi connectivity index (χ0) is 23.0. The van der Waals surface area contributed by atoms with Crippen LogP contribution in [0.1, 0.15) is 28.5 Å². The second kappa shape index (κ2) is 9.13. The van der Waals surface area contributed by atoms with Crippen molar-refractivity contribution in [2.24, 2.45) is 0 Å². The van der Waals surface area contributed by atoms with E-state index in [1.807, 2.05) is 35.8 Å². The quantitative estimate of drug-likeness (QED) is 0.628. The average molecular weight is 506 g/mol. The Balaban J connectivity index is 1.48. The molecule has 172 valence electrons. The third-order valence-corrected chi connectivity index (χ3v) is 6.62. The Bertz CT molecular complexity index is 995. The van der Waals surface area contributed by atoms with Gasteiger partial charge in [0.1, 0.15) is 5.69 Å². The van der Waals surface area contributed by atoms with Crippen LogP contribution in [0, 0.1) is 6.92 Å². The monoisotopic (exact) mass is 505 g/mol. The highest BCUT2D eigenvalue weighted by atomic mass is 79.9. The fraction of sp³-hybridized carbons (Fsp3) is 0.455. The number of hydrogen-bond donors (Lipinski definition) is 2. The molecule has 0 spiro atoms. The summed E-state index contributed by atoms with van der Waals surface area (Å²) in [5, 5.41) is 13.8. The van der Waals surface area contributed by atoms with Crippen LogP contribution in [0.4, 0.5) is 10.5 Å². The largest absolute Gasteiger partial charge is 0.391 e. The number of hydrogen-bond acceptors (Lipinski definition) is 5. The number of nitrogens with zero attached hydrogens (tertiary/aromatic N) is 4. The molecule has 2 aliphatic heterocycles. The number of aryl methyl sites for hydroxylation is 1. The number of nitrogens with one attached hydrogen (secondary N) is 1. The second-order valence-corrected chi connectivity index (χ2v) is 9.17. The first-order valence-corrected chi connectivity index (χ1v) is 11.3. The predicted molar refractivity (Wildman–Crippen MR) is 123 cm³/mol. The van der Waals surface area contributed by atoms with Gasteiger partial charge in [0, 0.05) is 26.3 Å². The summed E-state index contributed by atoms with van der Waals surface area (Å²) in [5.41, 5.74) is 2.69. The minimum atomic E-state index is -0.815. The van der Waals surface area contributed by atoms with Crippen LogP contribution in [-0.2, 0) is 4.74 Å². The van der Waals surface area contributed by atoms with Crippen molar-refractivity contribution >= 4 is 33.6 Å². The summed E-state index contributed by atoms with van der Waals surface area (Å²) in [6.07, 6.45) is -1.10. The van der Waals surface area contributed by atoms with E-state index in [0.29, 0.717) is 25.5 Å². The van der Waals surface area contributed by atoms with Crippen LogP contribution < -0.4 is 10.2 Å². The van der Waals surface area contributed by atoms with Crippen molar-refractivity contribution in [3.05, 3.63) is 52.3 Å². The summed E-state index contributed by atoms with van der Waals surface area (Å²) in [7, 11) is 3.28. The van der Waals surface area contributed by atoms with Crippen molar-refractivity contribution in [1.82, 2.24) is 19.7 Å². The van der Waals surface area contributed by atoms with Gasteiger partial charge in [-0.25, -0.2) is 4.79 Å². The molecule has 0 saturated carbocycles. The molecule has 3 amide bonds. The summed E-state index contributed by atoms with van der Waals surface area (Å²) in [4.78, 5) is 30.5. The summed E-state index contributed by atoms with van der Waals surface area (Å²) >= 11 is 3.49. The number of ether oxygens (including phenoxy) is 1. The molecule has 9 nitrogen and oxygen atoms in total. The lowest BCUT2D eigenvalue weighted by atomic mass is 10.0. The minimum absolute atomic E-state index is 0.129. The number of aromatic nitrogens is 1. The Hall–Kier alpha value is -2.56. The van der Waals surface area contributed by atoms with Crippen LogP contribution >= 0.6 is 15.9 Å². The van der Waals surface area contributed by atoms with E-state index in [1.165, 1.54) is 12.7 Å². The highest BCUT2D eigenvalue weighted by Gasteiger charge is 2.37. The number of rotatable bonds is 6.